The summed E-state index contributed by atoms with van der Waals surface area (Å²) in [7, 11) is 0. The van der Waals surface area contributed by atoms with Crippen LogP contribution in [-0.4, -0.2) is 9.55 Å². The standard InChI is InChI=1S/C55H35N3O2/c1-4-17-36(18-5-1)41-23-10-13-26-46(41)58(49-29-16-28-48-52(49)43-25-11-14-27-47(43)57(48)39-21-8-3-9-22-39)40-33-31-37(32-34-40)51-53-44(42-24-12-15-30-50(42)59-53)35-45-54(51)60-55(56-45)38-19-6-2-7-20-38/h1-35H. The molecular weight excluding hydrogens is 735 g/mol. The molecule has 12 rings (SSSR count). The number of furan rings is 1. The Bertz CT molecular complexity index is 3530. The minimum Gasteiger partial charge on any atom is -0.455 e. The van der Waals surface area contributed by atoms with Crippen molar-refractivity contribution in [2.75, 3.05) is 4.90 Å². The molecule has 60 heavy (non-hydrogen) atoms. The monoisotopic (exact) mass is 769 g/mol. The second-order valence-electron chi connectivity index (χ2n) is 15.1. The summed E-state index contributed by atoms with van der Waals surface area (Å²) in [5, 5.41) is 4.41. The van der Waals surface area contributed by atoms with Crippen molar-refractivity contribution >= 4 is 71.9 Å². The Labute approximate surface area is 345 Å². The first-order valence-electron chi connectivity index (χ1n) is 20.2. The Morgan fingerprint density at radius 1 is 0.433 bits per heavy atom. The molecule has 5 nitrogen and oxygen atoms in total. The van der Waals surface area contributed by atoms with Crippen molar-refractivity contribution in [2.45, 2.75) is 0 Å². The molecule has 12 aromatic rings. The SMILES string of the molecule is c1ccc(-c2nc3cc4c(oc5ccccc54)c(-c4ccc(N(c5ccccc5-c5ccccc5)c5cccc6c5c5ccccc5n6-c5ccccc5)cc4)c3o2)cc1. The fourth-order valence-electron chi connectivity index (χ4n) is 8.97. The average Bonchev–Trinajstić information content (AvgIpc) is 4.02. The van der Waals surface area contributed by atoms with Crippen molar-refractivity contribution in [2.24, 2.45) is 0 Å². The van der Waals surface area contributed by atoms with E-state index in [1.54, 1.807) is 0 Å². The predicted octanol–water partition coefficient (Wildman–Crippen LogP) is 15.3. The van der Waals surface area contributed by atoms with Gasteiger partial charge in [-0.25, -0.2) is 4.98 Å². The number of para-hydroxylation sites is 4. The molecule has 3 heterocycles. The fraction of sp³-hybridized carbons (Fsp3) is 0. The highest BCUT2D eigenvalue weighted by molar-refractivity contribution is 6.18. The Hall–Kier alpha value is -8.15. The number of fused-ring (bicyclic) bond motifs is 7. The molecule has 0 aliphatic heterocycles. The van der Waals surface area contributed by atoms with Gasteiger partial charge in [0.2, 0.25) is 5.89 Å². The van der Waals surface area contributed by atoms with Crippen molar-refractivity contribution in [3.63, 3.8) is 0 Å². The topological polar surface area (TPSA) is 47.3 Å². The van der Waals surface area contributed by atoms with Crippen LogP contribution in [0.2, 0.25) is 0 Å². The number of rotatable bonds is 7. The quantitative estimate of drug-likeness (QED) is 0.162. The third-order valence-corrected chi connectivity index (χ3v) is 11.6. The van der Waals surface area contributed by atoms with Gasteiger partial charge >= 0.3 is 0 Å². The van der Waals surface area contributed by atoms with Gasteiger partial charge in [0, 0.05) is 44.0 Å². The summed E-state index contributed by atoms with van der Waals surface area (Å²) in [5.41, 5.74) is 14.7. The first-order chi connectivity index (χ1) is 29.8. The van der Waals surface area contributed by atoms with Gasteiger partial charge in [-0.1, -0.05) is 140 Å². The van der Waals surface area contributed by atoms with E-state index >= 15 is 0 Å². The molecule has 0 bridgehead atoms. The van der Waals surface area contributed by atoms with Crippen LogP contribution in [0.15, 0.2) is 221 Å². The Morgan fingerprint density at radius 3 is 1.87 bits per heavy atom. The maximum absolute atomic E-state index is 6.67. The van der Waals surface area contributed by atoms with Crippen LogP contribution in [0.25, 0.3) is 94.2 Å². The Balaban J connectivity index is 1.10. The fourth-order valence-corrected chi connectivity index (χ4v) is 8.97. The average molecular weight is 770 g/mol. The smallest absolute Gasteiger partial charge is 0.227 e. The van der Waals surface area contributed by atoms with Crippen molar-refractivity contribution < 1.29 is 8.83 Å². The van der Waals surface area contributed by atoms with Crippen LogP contribution in [0.4, 0.5) is 17.1 Å². The predicted molar refractivity (Wildman–Crippen MR) is 247 cm³/mol. The minimum atomic E-state index is 0.576. The van der Waals surface area contributed by atoms with E-state index in [4.69, 9.17) is 13.8 Å². The van der Waals surface area contributed by atoms with Crippen LogP contribution in [-0.2, 0) is 0 Å². The zero-order valence-corrected chi connectivity index (χ0v) is 32.4. The molecule has 0 radical (unpaired) electrons. The van der Waals surface area contributed by atoms with Gasteiger partial charge in [0.15, 0.2) is 5.58 Å². The van der Waals surface area contributed by atoms with Crippen LogP contribution < -0.4 is 4.90 Å². The van der Waals surface area contributed by atoms with Gasteiger partial charge in [0.25, 0.3) is 0 Å². The van der Waals surface area contributed by atoms with Crippen LogP contribution >= 0.6 is 0 Å². The second-order valence-corrected chi connectivity index (χ2v) is 15.1. The van der Waals surface area contributed by atoms with Crippen molar-refractivity contribution in [1.82, 2.24) is 9.55 Å². The number of aromatic nitrogens is 2. The third-order valence-electron chi connectivity index (χ3n) is 11.6. The first kappa shape index (κ1) is 33.9. The van der Waals surface area contributed by atoms with Gasteiger partial charge in [-0.15, -0.1) is 0 Å². The molecule has 0 spiro atoms. The number of anilines is 3. The number of benzene rings is 9. The molecule has 3 aromatic heterocycles. The van der Waals surface area contributed by atoms with Gasteiger partial charge < -0.3 is 18.3 Å². The lowest BCUT2D eigenvalue weighted by atomic mass is 9.99. The van der Waals surface area contributed by atoms with Gasteiger partial charge in [-0.05, 0) is 83.9 Å². The van der Waals surface area contributed by atoms with E-state index in [0.29, 0.717) is 11.5 Å². The molecule has 0 atom stereocenters. The van der Waals surface area contributed by atoms with Crippen LogP contribution in [0.5, 0.6) is 0 Å². The highest BCUT2D eigenvalue weighted by Gasteiger charge is 2.25. The summed E-state index contributed by atoms with van der Waals surface area (Å²) in [6, 6.07) is 74.5. The maximum atomic E-state index is 6.67. The van der Waals surface area contributed by atoms with E-state index in [1.165, 1.54) is 10.8 Å². The summed E-state index contributed by atoms with van der Waals surface area (Å²) >= 11 is 0. The van der Waals surface area contributed by atoms with E-state index in [0.717, 1.165) is 89.1 Å². The van der Waals surface area contributed by atoms with E-state index in [-0.39, 0.29) is 0 Å². The van der Waals surface area contributed by atoms with Gasteiger partial charge in [0.05, 0.1) is 28.0 Å². The largest absolute Gasteiger partial charge is 0.455 e. The molecule has 0 N–H and O–H groups in total. The van der Waals surface area contributed by atoms with E-state index in [2.05, 4.69) is 173 Å². The molecule has 282 valence electrons. The molecule has 0 aliphatic carbocycles. The number of hydrogen-bond acceptors (Lipinski definition) is 4. The van der Waals surface area contributed by atoms with Gasteiger partial charge in [-0.2, -0.15) is 0 Å². The van der Waals surface area contributed by atoms with Crippen molar-refractivity contribution in [3.05, 3.63) is 212 Å². The zero-order chi connectivity index (χ0) is 39.6. The van der Waals surface area contributed by atoms with E-state index in [1.807, 2.05) is 48.5 Å². The van der Waals surface area contributed by atoms with Crippen molar-refractivity contribution in [1.29, 1.82) is 0 Å². The molecule has 0 amide bonds. The lowest BCUT2D eigenvalue weighted by Gasteiger charge is -2.29. The van der Waals surface area contributed by atoms with E-state index in [9.17, 15) is 0 Å². The molecule has 0 fully saturated rings. The number of oxazole rings is 1. The maximum Gasteiger partial charge on any atom is 0.227 e. The summed E-state index contributed by atoms with van der Waals surface area (Å²) in [6.45, 7) is 0. The van der Waals surface area contributed by atoms with Crippen LogP contribution in [0.3, 0.4) is 0 Å². The molecule has 0 saturated heterocycles. The zero-order valence-electron chi connectivity index (χ0n) is 32.4. The lowest BCUT2D eigenvalue weighted by Crippen LogP contribution is -2.11. The number of nitrogens with zero attached hydrogens (tertiary/aromatic N) is 3. The Kier molecular flexibility index (Phi) is 7.78. The lowest BCUT2D eigenvalue weighted by molar-refractivity contribution is 0.619. The third kappa shape index (κ3) is 5.37. The normalized spacial score (nSPS) is 11.7. The van der Waals surface area contributed by atoms with Gasteiger partial charge in [-0.3, -0.25) is 0 Å². The number of hydrogen-bond donors (Lipinski definition) is 0. The highest BCUT2D eigenvalue weighted by Crippen LogP contribution is 2.48. The molecule has 9 aromatic carbocycles. The van der Waals surface area contributed by atoms with Gasteiger partial charge in [0.1, 0.15) is 16.7 Å². The van der Waals surface area contributed by atoms with E-state index < -0.39 is 0 Å². The second kappa shape index (κ2) is 13.8. The molecule has 5 heteroatoms. The summed E-state index contributed by atoms with van der Waals surface area (Å²) in [5.74, 6) is 0.576. The van der Waals surface area contributed by atoms with Crippen LogP contribution in [0.1, 0.15) is 0 Å². The first-order valence-corrected chi connectivity index (χ1v) is 20.2. The molecule has 0 aliphatic rings. The Morgan fingerprint density at radius 2 is 1.07 bits per heavy atom. The summed E-state index contributed by atoms with van der Waals surface area (Å²) in [4.78, 5) is 7.44. The molecule has 0 unspecified atom stereocenters. The summed E-state index contributed by atoms with van der Waals surface area (Å²) < 4.78 is 15.7. The van der Waals surface area contributed by atoms with Crippen LogP contribution in [0, 0.1) is 0 Å². The highest BCUT2D eigenvalue weighted by atomic mass is 16.4. The van der Waals surface area contributed by atoms with Crippen molar-refractivity contribution in [3.8, 4) is 39.4 Å². The molecule has 0 saturated carbocycles. The minimum absolute atomic E-state index is 0.576. The molecular formula is C55H35N3O2. The summed E-state index contributed by atoms with van der Waals surface area (Å²) in [6.07, 6.45) is 0.